The summed E-state index contributed by atoms with van der Waals surface area (Å²) in [5, 5.41) is 10.9. The summed E-state index contributed by atoms with van der Waals surface area (Å²) in [5.74, 6) is 0. The average molecular weight is 251 g/mol. The number of aliphatic hydroxyl groups is 1. The van der Waals surface area contributed by atoms with E-state index in [-0.39, 0.29) is 4.90 Å². The fourth-order valence-corrected chi connectivity index (χ4v) is 2.56. The lowest BCUT2D eigenvalue weighted by atomic mass is 10.1. The van der Waals surface area contributed by atoms with Crippen molar-refractivity contribution in [2.45, 2.75) is 17.3 Å². The van der Waals surface area contributed by atoms with E-state index in [0.29, 0.717) is 5.69 Å². The van der Waals surface area contributed by atoms with Crippen LogP contribution in [0.3, 0.4) is 0 Å². The summed E-state index contributed by atoms with van der Waals surface area (Å²) >= 11 is 0. The molecule has 0 aliphatic rings. The molecule has 0 bridgehead atoms. The van der Waals surface area contributed by atoms with Gasteiger partial charge in [-0.1, -0.05) is 12.1 Å². The number of aliphatic hydroxyl groups excluding tert-OH is 1. The van der Waals surface area contributed by atoms with Crippen LogP contribution in [-0.2, 0) is 9.84 Å². The minimum Gasteiger partial charge on any atom is -0.399 e. The molecule has 17 heavy (non-hydrogen) atoms. The SMILES string of the molecule is CC(O)S(=O)(=O)c1ccc2cc(N)ccc2c1. The van der Waals surface area contributed by atoms with Gasteiger partial charge in [0, 0.05) is 5.69 Å². The largest absolute Gasteiger partial charge is 0.399 e. The van der Waals surface area contributed by atoms with Crippen molar-refractivity contribution in [3.8, 4) is 0 Å². The zero-order chi connectivity index (χ0) is 12.6. The van der Waals surface area contributed by atoms with Crippen molar-refractivity contribution < 1.29 is 13.5 Å². The van der Waals surface area contributed by atoms with E-state index in [2.05, 4.69) is 0 Å². The molecule has 0 radical (unpaired) electrons. The standard InChI is InChI=1S/C12H13NO3S/c1-8(14)17(15,16)12-5-3-9-6-11(13)4-2-10(9)7-12/h2-8,14H,13H2,1H3. The average Bonchev–Trinajstić information content (AvgIpc) is 2.28. The first-order valence-corrected chi connectivity index (χ1v) is 6.67. The normalized spacial score (nSPS) is 13.8. The van der Waals surface area contributed by atoms with Crippen molar-refractivity contribution in [3.05, 3.63) is 36.4 Å². The molecule has 2 aromatic carbocycles. The topological polar surface area (TPSA) is 80.4 Å². The second-order valence-electron chi connectivity index (χ2n) is 3.91. The number of hydrogen-bond acceptors (Lipinski definition) is 4. The number of sulfone groups is 1. The Hall–Kier alpha value is -1.59. The molecule has 0 heterocycles. The Morgan fingerprint density at radius 1 is 1.12 bits per heavy atom. The Morgan fingerprint density at radius 2 is 1.71 bits per heavy atom. The summed E-state index contributed by atoms with van der Waals surface area (Å²) in [5.41, 5.74) is 4.86. The van der Waals surface area contributed by atoms with Gasteiger partial charge in [0.2, 0.25) is 9.84 Å². The van der Waals surface area contributed by atoms with Crippen LogP contribution >= 0.6 is 0 Å². The number of benzene rings is 2. The smallest absolute Gasteiger partial charge is 0.204 e. The van der Waals surface area contributed by atoms with Crippen LogP contribution in [0.15, 0.2) is 41.3 Å². The number of nitrogens with two attached hydrogens (primary N) is 1. The highest BCUT2D eigenvalue weighted by molar-refractivity contribution is 7.91. The number of anilines is 1. The van der Waals surface area contributed by atoms with Crippen LogP contribution < -0.4 is 5.73 Å². The maximum Gasteiger partial charge on any atom is 0.204 e. The van der Waals surface area contributed by atoms with E-state index >= 15 is 0 Å². The summed E-state index contributed by atoms with van der Waals surface area (Å²) in [6, 6.07) is 9.93. The van der Waals surface area contributed by atoms with Crippen molar-refractivity contribution in [1.82, 2.24) is 0 Å². The fraction of sp³-hybridized carbons (Fsp3) is 0.167. The molecule has 0 aliphatic heterocycles. The van der Waals surface area contributed by atoms with Gasteiger partial charge in [-0.15, -0.1) is 0 Å². The molecule has 5 heteroatoms. The van der Waals surface area contributed by atoms with Gasteiger partial charge in [-0.05, 0) is 42.0 Å². The lowest BCUT2D eigenvalue weighted by molar-refractivity contribution is 0.268. The van der Waals surface area contributed by atoms with Crippen LogP contribution in [0.4, 0.5) is 5.69 Å². The third-order valence-corrected chi connectivity index (χ3v) is 4.42. The van der Waals surface area contributed by atoms with Crippen molar-refractivity contribution in [2.75, 3.05) is 5.73 Å². The quantitative estimate of drug-likeness (QED) is 0.793. The predicted octanol–water partition coefficient (Wildman–Crippen LogP) is 1.53. The molecule has 0 spiro atoms. The van der Waals surface area contributed by atoms with E-state index in [1.54, 1.807) is 24.3 Å². The molecule has 0 fully saturated rings. The minimum atomic E-state index is -3.65. The Morgan fingerprint density at radius 3 is 2.35 bits per heavy atom. The molecule has 0 amide bonds. The molecule has 0 saturated carbocycles. The van der Waals surface area contributed by atoms with E-state index in [4.69, 9.17) is 5.73 Å². The van der Waals surface area contributed by atoms with Crippen LogP contribution in [0, 0.1) is 0 Å². The Kier molecular flexibility index (Phi) is 2.81. The van der Waals surface area contributed by atoms with Gasteiger partial charge < -0.3 is 10.8 Å². The zero-order valence-corrected chi connectivity index (χ0v) is 10.1. The molecule has 0 saturated heterocycles. The van der Waals surface area contributed by atoms with Crippen LogP contribution in [-0.4, -0.2) is 19.0 Å². The van der Waals surface area contributed by atoms with Crippen LogP contribution in [0.5, 0.6) is 0 Å². The maximum atomic E-state index is 11.8. The Labute approximate surface area is 99.6 Å². The van der Waals surface area contributed by atoms with Gasteiger partial charge in [-0.3, -0.25) is 0 Å². The van der Waals surface area contributed by atoms with Gasteiger partial charge in [0.25, 0.3) is 0 Å². The van der Waals surface area contributed by atoms with Gasteiger partial charge in [0.15, 0.2) is 5.44 Å². The molecule has 4 nitrogen and oxygen atoms in total. The summed E-state index contributed by atoms with van der Waals surface area (Å²) < 4.78 is 23.5. The van der Waals surface area contributed by atoms with Gasteiger partial charge >= 0.3 is 0 Å². The lowest BCUT2D eigenvalue weighted by Crippen LogP contribution is -2.16. The summed E-state index contributed by atoms with van der Waals surface area (Å²) in [6.45, 7) is 1.24. The number of rotatable bonds is 2. The molecule has 3 N–H and O–H groups in total. The molecule has 1 unspecified atom stereocenters. The predicted molar refractivity (Wildman–Crippen MR) is 67.2 cm³/mol. The second-order valence-corrected chi connectivity index (χ2v) is 6.16. The first-order chi connectivity index (χ1) is 7.91. The number of nitrogen functional groups attached to an aromatic ring is 1. The number of hydrogen-bond donors (Lipinski definition) is 2. The summed E-state index contributed by atoms with van der Waals surface area (Å²) in [4.78, 5) is 0.116. The van der Waals surface area contributed by atoms with Crippen LogP contribution in [0.25, 0.3) is 10.8 Å². The highest BCUT2D eigenvalue weighted by atomic mass is 32.2. The van der Waals surface area contributed by atoms with Crippen LogP contribution in [0.2, 0.25) is 0 Å². The van der Waals surface area contributed by atoms with Crippen LogP contribution in [0.1, 0.15) is 6.92 Å². The van der Waals surface area contributed by atoms with E-state index in [0.717, 1.165) is 10.8 Å². The first kappa shape index (κ1) is 11.9. The van der Waals surface area contributed by atoms with Gasteiger partial charge in [-0.2, -0.15) is 0 Å². The third kappa shape index (κ3) is 2.11. The molecule has 2 aromatic rings. The fourth-order valence-electron chi connectivity index (χ4n) is 1.62. The van der Waals surface area contributed by atoms with Gasteiger partial charge in [0.1, 0.15) is 0 Å². The molecular formula is C12H13NO3S. The van der Waals surface area contributed by atoms with E-state index < -0.39 is 15.3 Å². The summed E-state index contributed by atoms with van der Waals surface area (Å²) in [6.07, 6.45) is 0. The van der Waals surface area contributed by atoms with E-state index in [1.165, 1.54) is 19.1 Å². The van der Waals surface area contributed by atoms with E-state index in [1.807, 2.05) is 0 Å². The Bertz CT molecular complexity index is 663. The first-order valence-electron chi connectivity index (χ1n) is 5.12. The molecule has 1 atom stereocenters. The molecule has 0 aromatic heterocycles. The molecule has 90 valence electrons. The summed E-state index contributed by atoms with van der Waals surface area (Å²) in [7, 11) is -3.65. The monoisotopic (exact) mass is 251 g/mol. The van der Waals surface area contributed by atoms with Gasteiger partial charge in [0.05, 0.1) is 4.90 Å². The zero-order valence-electron chi connectivity index (χ0n) is 9.29. The second kappa shape index (κ2) is 4.01. The highest BCUT2D eigenvalue weighted by Crippen LogP contribution is 2.23. The molecular weight excluding hydrogens is 238 g/mol. The molecule has 0 aliphatic carbocycles. The van der Waals surface area contributed by atoms with Crippen molar-refractivity contribution in [2.24, 2.45) is 0 Å². The molecule has 2 rings (SSSR count). The minimum absolute atomic E-state index is 0.116. The Balaban J connectivity index is 2.64. The third-order valence-electron chi connectivity index (χ3n) is 2.61. The van der Waals surface area contributed by atoms with E-state index in [9.17, 15) is 13.5 Å². The lowest BCUT2D eigenvalue weighted by Gasteiger charge is -2.08. The van der Waals surface area contributed by atoms with Crippen molar-refractivity contribution in [1.29, 1.82) is 0 Å². The van der Waals surface area contributed by atoms with Crippen molar-refractivity contribution >= 4 is 26.3 Å². The number of fused-ring (bicyclic) bond motifs is 1. The van der Waals surface area contributed by atoms with Crippen molar-refractivity contribution in [3.63, 3.8) is 0 Å². The van der Waals surface area contributed by atoms with Gasteiger partial charge in [-0.25, -0.2) is 8.42 Å². The highest BCUT2D eigenvalue weighted by Gasteiger charge is 2.20. The maximum absolute atomic E-state index is 11.8.